The van der Waals surface area contributed by atoms with Gasteiger partial charge >= 0.3 is 6.09 Å². The highest BCUT2D eigenvalue weighted by Crippen LogP contribution is 2.16. The quantitative estimate of drug-likeness (QED) is 0.803. The van der Waals surface area contributed by atoms with Crippen molar-refractivity contribution in [3.63, 3.8) is 0 Å². The van der Waals surface area contributed by atoms with Gasteiger partial charge in [0.25, 0.3) is 5.91 Å². The van der Waals surface area contributed by atoms with Gasteiger partial charge in [-0.1, -0.05) is 12.1 Å². The monoisotopic (exact) mass is 280 g/mol. The lowest BCUT2D eigenvalue weighted by atomic mass is 10.2. The van der Waals surface area contributed by atoms with Crippen LogP contribution in [0.2, 0.25) is 0 Å². The number of para-hydroxylation sites is 1. The van der Waals surface area contributed by atoms with E-state index in [1.54, 1.807) is 45.0 Å². The highest BCUT2D eigenvalue weighted by atomic mass is 16.6. The van der Waals surface area contributed by atoms with Crippen molar-refractivity contribution >= 4 is 12.0 Å². The largest absolute Gasteiger partial charge is 0.491 e. The molecule has 0 atom stereocenters. The van der Waals surface area contributed by atoms with E-state index in [4.69, 9.17) is 15.2 Å². The van der Waals surface area contributed by atoms with Crippen LogP contribution in [0.4, 0.5) is 4.79 Å². The molecule has 0 unspecified atom stereocenters. The van der Waals surface area contributed by atoms with Crippen molar-refractivity contribution in [2.24, 2.45) is 5.73 Å². The van der Waals surface area contributed by atoms with Crippen LogP contribution >= 0.6 is 0 Å². The normalized spacial score (nSPS) is 10.8. The van der Waals surface area contributed by atoms with Crippen molar-refractivity contribution in [3.8, 4) is 5.75 Å². The van der Waals surface area contributed by atoms with E-state index in [-0.39, 0.29) is 13.2 Å². The van der Waals surface area contributed by atoms with E-state index in [9.17, 15) is 9.59 Å². The summed E-state index contributed by atoms with van der Waals surface area (Å²) in [6.45, 7) is 5.83. The van der Waals surface area contributed by atoms with Gasteiger partial charge in [0.15, 0.2) is 0 Å². The molecular formula is C14H20N2O4. The molecule has 0 aliphatic rings. The summed E-state index contributed by atoms with van der Waals surface area (Å²) in [5.41, 5.74) is 5.00. The number of hydrogen-bond donors (Lipinski definition) is 2. The minimum Gasteiger partial charge on any atom is -0.491 e. The summed E-state index contributed by atoms with van der Waals surface area (Å²) < 4.78 is 10.5. The van der Waals surface area contributed by atoms with E-state index in [0.29, 0.717) is 11.3 Å². The maximum absolute atomic E-state index is 11.4. The number of amides is 2. The fraction of sp³-hybridized carbons (Fsp3) is 0.429. The van der Waals surface area contributed by atoms with Crippen LogP contribution in [0.3, 0.4) is 0 Å². The van der Waals surface area contributed by atoms with Gasteiger partial charge in [-0.15, -0.1) is 0 Å². The summed E-state index contributed by atoms with van der Waals surface area (Å²) in [4.78, 5) is 22.6. The van der Waals surface area contributed by atoms with Crippen LogP contribution in [0, 0.1) is 0 Å². The molecule has 0 aliphatic carbocycles. The van der Waals surface area contributed by atoms with Gasteiger partial charge in [-0.2, -0.15) is 0 Å². The van der Waals surface area contributed by atoms with Crippen LogP contribution in [0.1, 0.15) is 31.1 Å². The first-order valence-corrected chi connectivity index (χ1v) is 6.28. The van der Waals surface area contributed by atoms with Crippen molar-refractivity contribution in [1.82, 2.24) is 5.32 Å². The lowest BCUT2D eigenvalue weighted by molar-refractivity contribution is 0.0519. The molecule has 3 N–H and O–H groups in total. The molecule has 1 rings (SSSR count). The Morgan fingerprint density at radius 1 is 1.25 bits per heavy atom. The number of hydrogen-bond acceptors (Lipinski definition) is 4. The lowest BCUT2D eigenvalue weighted by Crippen LogP contribution is -2.34. The zero-order valence-corrected chi connectivity index (χ0v) is 11.9. The Labute approximate surface area is 118 Å². The van der Waals surface area contributed by atoms with E-state index in [1.165, 1.54) is 0 Å². The molecule has 1 aromatic carbocycles. The maximum atomic E-state index is 11.4. The molecule has 0 aliphatic heterocycles. The Kier molecular flexibility index (Phi) is 5.37. The molecule has 0 radical (unpaired) electrons. The Hall–Kier alpha value is -2.24. The predicted molar refractivity (Wildman–Crippen MR) is 74.7 cm³/mol. The van der Waals surface area contributed by atoms with Gasteiger partial charge in [-0.05, 0) is 32.9 Å². The molecular weight excluding hydrogens is 260 g/mol. The molecule has 1 aromatic rings. The highest BCUT2D eigenvalue weighted by molar-refractivity contribution is 5.95. The molecule has 0 bridgehead atoms. The molecule has 20 heavy (non-hydrogen) atoms. The summed E-state index contributed by atoms with van der Waals surface area (Å²) in [6.07, 6.45) is -0.510. The van der Waals surface area contributed by atoms with E-state index in [1.807, 2.05) is 0 Å². The zero-order valence-electron chi connectivity index (χ0n) is 11.9. The topological polar surface area (TPSA) is 90.7 Å². The second-order valence-electron chi connectivity index (χ2n) is 5.14. The minimum atomic E-state index is -0.555. The average Bonchev–Trinajstić information content (AvgIpc) is 2.33. The summed E-state index contributed by atoms with van der Waals surface area (Å²) in [6, 6.07) is 6.67. The number of carbonyl (C=O) groups excluding carboxylic acids is 2. The van der Waals surface area contributed by atoms with Crippen molar-refractivity contribution in [2.45, 2.75) is 26.4 Å². The number of primary amides is 1. The number of rotatable bonds is 5. The molecule has 0 saturated carbocycles. The molecule has 2 amide bonds. The Morgan fingerprint density at radius 3 is 2.50 bits per heavy atom. The van der Waals surface area contributed by atoms with Crippen LogP contribution < -0.4 is 15.8 Å². The molecule has 110 valence electrons. The number of ether oxygens (including phenoxy) is 2. The van der Waals surface area contributed by atoms with Crippen LogP contribution in [-0.4, -0.2) is 30.8 Å². The molecule has 6 nitrogen and oxygen atoms in total. The van der Waals surface area contributed by atoms with Crippen molar-refractivity contribution in [2.75, 3.05) is 13.2 Å². The second-order valence-corrected chi connectivity index (χ2v) is 5.14. The van der Waals surface area contributed by atoms with Gasteiger partial charge in [0.1, 0.15) is 18.0 Å². The third kappa shape index (κ3) is 5.60. The molecule has 0 saturated heterocycles. The summed E-state index contributed by atoms with van der Waals surface area (Å²) in [5, 5.41) is 2.56. The van der Waals surface area contributed by atoms with Gasteiger partial charge in [-0.3, -0.25) is 4.79 Å². The van der Waals surface area contributed by atoms with Gasteiger partial charge in [-0.25, -0.2) is 4.79 Å². The highest BCUT2D eigenvalue weighted by Gasteiger charge is 2.15. The van der Waals surface area contributed by atoms with Crippen LogP contribution in [0.25, 0.3) is 0 Å². The number of benzene rings is 1. The van der Waals surface area contributed by atoms with Gasteiger partial charge in [0.2, 0.25) is 0 Å². The van der Waals surface area contributed by atoms with Crippen molar-refractivity contribution in [3.05, 3.63) is 29.8 Å². The third-order valence-corrected chi connectivity index (χ3v) is 2.18. The number of alkyl carbamates (subject to hydrolysis) is 1. The van der Waals surface area contributed by atoms with Gasteiger partial charge < -0.3 is 20.5 Å². The van der Waals surface area contributed by atoms with Crippen molar-refractivity contribution < 1.29 is 19.1 Å². The van der Waals surface area contributed by atoms with Gasteiger partial charge in [0.05, 0.1) is 12.1 Å². The number of carbonyl (C=O) groups is 2. The SMILES string of the molecule is CC(C)(C)OC(=O)NCCOc1ccccc1C(N)=O. The Balaban J connectivity index is 2.39. The standard InChI is InChI=1S/C14H20N2O4/c1-14(2,3)20-13(18)16-8-9-19-11-7-5-4-6-10(11)12(15)17/h4-7H,8-9H2,1-3H3,(H2,15,17)(H,16,18). The lowest BCUT2D eigenvalue weighted by Gasteiger charge is -2.19. The maximum Gasteiger partial charge on any atom is 0.407 e. The molecule has 0 aromatic heterocycles. The molecule has 0 heterocycles. The van der Waals surface area contributed by atoms with Crippen LogP contribution in [0.5, 0.6) is 5.75 Å². The Morgan fingerprint density at radius 2 is 1.90 bits per heavy atom. The van der Waals surface area contributed by atoms with Gasteiger partial charge in [0, 0.05) is 0 Å². The minimum absolute atomic E-state index is 0.212. The van der Waals surface area contributed by atoms with Crippen LogP contribution in [-0.2, 0) is 4.74 Å². The smallest absolute Gasteiger partial charge is 0.407 e. The average molecular weight is 280 g/mol. The number of nitrogens with one attached hydrogen (secondary N) is 1. The van der Waals surface area contributed by atoms with Crippen LogP contribution in [0.15, 0.2) is 24.3 Å². The van der Waals surface area contributed by atoms with E-state index < -0.39 is 17.6 Å². The summed E-state index contributed by atoms with van der Waals surface area (Å²) >= 11 is 0. The first-order valence-electron chi connectivity index (χ1n) is 6.28. The first-order chi connectivity index (χ1) is 9.29. The molecule has 0 spiro atoms. The number of nitrogens with two attached hydrogens (primary N) is 1. The molecule has 6 heteroatoms. The summed E-state index contributed by atoms with van der Waals surface area (Å²) in [7, 11) is 0. The molecule has 0 fully saturated rings. The first kappa shape index (κ1) is 15.8. The Bertz CT molecular complexity index is 480. The summed E-state index contributed by atoms with van der Waals surface area (Å²) in [5.74, 6) is -0.160. The third-order valence-electron chi connectivity index (χ3n) is 2.18. The van der Waals surface area contributed by atoms with E-state index in [0.717, 1.165) is 0 Å². The zero-order chi connectivity index (χ0) is 15.2. The van der Waals surface area contributed by atoms with E-state index in [2.05, 4.69) is 5.32 Å². The fourth-order valence-corrected chi connectivity index (χ4v) is 1.42. The van der Waals surface area contributed by atoms with E-state index >= 15 is 0 Å². The predicted octanol–water partition coefficient (Wildman–Crippen LogP) is 1.69. The van der Waals surface area contributed by atoms with Crippen molar-refractivity contribution in [1.29, 1.82) is 0 Å². The fourth-order valence-electron chi connectivity index (χ4n) is 1.42. The second kappa shape index (κ2) is 6.79.